The molecule has 0 spiro atoms. The third kappa shape index (κ3) is 3.83. The number of nitrogens with one attached hydrogen (secondary N) is 1. The average molecular weight is 375 g/mol. The highest BCUT2D eigenvalue weighted by molar-refractivity contribution is 8.00. The van der Waals surface area contributed by atoms with E-state index in [-0.39, 0.29) is 11.2 Å². The number of para-hydroxylation sites is 1. The van der Waals surface area contributed by atoms with E-state index >= 15 is 0 Å². The summed E-state index contributed by atoms with van der Waals surface area (Å²) in [6.07, 6.45) is 0. The number of hydrogen-bond acceptors (Lipinski definition) is 5. The van der Waals surface area contributed by atoms with Crippen molar-refractivity contribution in [1.29, 1.82) is 0 Å². The fourth-order valence-electron chi connectivity index (χ4n) is 2.71. The van der Waals surface area contributed by atoms with Crippen LogP contribution in [-0.4, -0.2) is 31.4 Å². The van der Waals surface area contributed by atoms with Crippen molar-refractivity contribution < 1.29 is 4.79 Å². The van der Waals surface area contributed by atoms with Gasteiger partial charge in [-0.05, 0) is 52.4 Å². The normalized spacial score (nSPS) is 12.0. The first-order valence-corrected chi connectivity index (χ1v) is 9.39. The molecule has 1 aromatic heterocycles. The molecule has 1 unspecified atom stereocenters. The Morgan fingerprint density at radius 3 is 2.56 bits per heavy atom. The minimum atomic E-state index is -0.357. The highest BCUT2D eigenvalue weighted by atomic mass is 32.2. The van der Waals surface area contributed by atoms with Gasteiger partial charge in [-0.15, -0.1) is 5.10 Å². The molecule has 1 N–H and O–H groups in total. The number of hydrogen-bond donors (Lipinski definition) is 1. The maximum absolute atomic E-state index is 12.6. The van der Waals surface area contributed by atoms with Crippen LogP contribution >= 0.6 is 11.8 Å². The second-order valence-corrected chi connectivity index (χ2v) is 7.33. The first kappa shape index (κ1) is 17.2. The Labute approximate surface area is 160 Å². The number of nitrogens with zero attached hydrogens (tertiary/aromatic N) is 4. The first-order valence-electron chi connectivity index (χ1n) is 8.51. The number of tetrazole rings is 1. The molecule has 0 aliphatic carbocycles. The molecule has 0 aliphatic rings. The summed E-state index contributed by atoms with van der Waals surface area (Å²) in [7, 11) is 0. The van der Waals surface area contributed by atoms with Crippen molar-refractivity contribution in [3.05, 3.63) is 72.8 Å². The number of anilines is 1. The Kier molecular flexibility index (Phi) is 4.84. The molecule has 3 aromatic carbocycles. The summed E-state index contributed by atoms with van der Waals surface area (Å²) in [5.41, 5.74) is 1.63. The van der Waals surface area contributed by atoms with Crippen LogP contribution in [0.1, 0.15) is 6.92 Å². The number of amides is 1. The van der Waals surface area contributed by atoms with Crippen molar-refractivity contribution in [1.82, 2.24) is 20.2 Å². The second-order valence-electron chi connectivity index (χ2n) is 6.02. The molecule has 1 atom stereocenters. The van der Waals surface area contributed by atoms with E-state index in [9.17, 15) is 4.79 Å². The predicted octanol–water partition coefficient (Wildman–Crippen LogP) is 3.93. The van der Waals surface area contributed by atoms with Gasteiger partial charge in [0, 0.05) is 5.69 Å². The summed E-state index contributed by atoms with van der Waals surface area (Å²) in [6, 6.07) is 23.5. The van der Waals surface area contributed by atoms with Gasteiger partial charge >= 0.3 is 0 Å². The Bertz CT molecular complexity index is 1080. The van der Waals surface area contributed by atoms with Gasteiger partial charge in [0.2, 0.25) is 11.1 Å². The lowest BCUT2D eigenvalue weighted by Gasteiger charge is -2.12. The molecular formula is C20H17N5OS. The van der Waals surface area contributed by atoms with Crippen molar-refractivity contribution in [2.24, 2.45) is 0 Å². The lowest BCUT2D eigenvalue weighted by Crippen LogP contribution is -2.22. The molecule has 0 fully saturated rings. The van der Waals surface area contributed by atoms with Crippen LogP contribution in [0.5, 0.6) is 0 Å². The quantitative estimate of drug-likeness (QED) is 0.535. The van der Waals surface area contributed by atoms with Crippen LogP contribution in [0.3, 0.4) is 0 Å². The van der Waals surface area contributed by atoms with Crippen LogP contribution in [-0.2, 0) is 4.79 Å². The Hall–Kier alpha value is -3.19. The molecule has 4 rings (SSSR count). The smallest absolute Gasteiger partial charge is 0.237 e. The number of fused-ring (bicyclic) bond motifs is 1. The van der Waals surface area contributed by atoms with E-state index in [4.69, 9.17) is 0 Å². The highest BCUT2D eigenvalue weighted by Crippen LogP contribution is 2.25. The van der Waals surface area contributed by atoms with Gasteiger partial charge in [0.1, 0.15) is 0 Å². The van der Waals surface area contributed by atoms with Gasteiger partial charge in [-0.3, -0.25) is 4.79 Å². The number of carbonyl (C=O) groups is 1. The van der Waals surface area contributed by atoms with E-state index in [1.54, 1.807) is 4.68 Å². The van der Waals surface area contributed by atoms with Gasteiger partial charge in [0.05, 0.1) is 10.9 Å². The zero-order chi connectivity index (χ0) is 18.6. The van der Waals surface area contributed by atoms with Gasteiger partial charge in [-0.1, -0.05) is 60.3 Å². The lowest BCUT2D eigenvalue weighted by atomic mass is 10.1. The van der Waals surface area contributed by atoms with Crippen LogP contribution in [0.25, 0.3) is 16.5 Å². The summed E-state index contributed by atoms with van der Waals surface area (Å²) < 4.78 is 1.63. The molecule has 4 aromatic rings. The first-order chi connectivity index (χ1) is 13.2. The Balaban J connectivity index is 1.47. The van der Waals surface area contributed by atoms with E-state index in [1.807, 2.05) is 79.7 Å². The summed E-state index contributed by atoms with van der Waals surface area (Å²) >= 11 is 1.32. The molecular weight excluding hydrogens is 358 g/mol. The van der Waals surface area contributed by atoms with Gasteiger partial charge in [-0.2, -0.15) is 4.68 Å². The molecule has 0 saturated heterocycles. The van der Waals surface area contributed by atoms with E-state index in [0.29, 0.717) is 5.16 Å². The zero-order valence-electron chi connectivity index (χ0n) is 14.6. The van der Waals surface area contributed by atoms with Gasteiger partial charge < -0.3 is 5.32 Å². The maximum Gasteiger partial charge on any atom is 0.237 e. The van der Waals surface area contributed by atoms with Crippen LogP contribution < -0.4 is 5.32 Å². The summed E-state index contributed by atoms with van der Waals surface area (Å²) in [5, 5.41) is 17.2. The number of rotatable bonds is 5. The fourth-order valence-corrected chi connectivity index (χ4v) is 3.51. The molecule has 6 nitrogen and oxygen atoms in total. The average Bonchev–Trinajstić information content (AvgIpc) is 3.16. The lowest BCUT2D eigenvalue weighted by molar-refractivity contribution is -0.115. The van der Waals surface area contributed by atoms with Crippen LogP contribution in [0.15, 0.2) is 78.0 Å². The number of thioether (sulfide) groups is 1. The summed E-state index contributed by atoms with van der Waals surface area (Å²) in [4.78, 5) is 12.6. The predicted molar refractivity (Wildman–Crippen MR) is 107 cm³/mol. The largest absolute Gasteiger partial charge is 0.325 e. The zero-order valence-corrected chi connectivity index (χ0v) is 15.4. The molecule has 0 saturated carbocycles. The van der Waals surface area contributed by atoms with Crippen molar-refractivity contribution in [3.8, 4) is 5.69 Å². The third-order valence-electron chi connectivity index (χ3n) is 4.11. The minimum absolute atomic E-state index is 0.0992. The number of benzene rings is 3. The monoisotopic (exact) mass is 375 g/mol. The minimum Gasteiger partial charge on any atom is -0.325 e. The van der Waals surface area contributed by atoms with Crippen LogP contribution in [0, 0.1) is 0 Å². The molecule has 7 heteroatoms. The number of carbonyl (C=O) groups excluding carboxylic acids is 1. The summed E-state index contributed by atoms with van der Waals surface area (Å²) in [6.45, 7) is 1.84. The van der Waals surface area contributed by atoms with Crippen molar-refractivity contribution in [3.63, 3.8) is 0 Å². The van der Waals surface area contributed by atoms with E-state index in [2.05, 4.69) is 20.8 Å². The van der Waals surface area contributed by atoms with Gasteiger partial charge in [-0.25, -0.2) is 0 Å². The molecule has 0 aliphatic heterocycles. The number of aromatic nitrogens is 4. The second kappa shape index (κ2) is 7.59. The van der Waals surface area contributed by atoms with E-state index in [1.165, 1.54) is 11.8 Å². The topological polar surface area (TPSA) is 72.7 Å². The fraction of sp³-hybridized carbons (Fsp3) is 0.100. The van der Waals surface area contributed by atoms with Crippen molar-refractivity contribution in [2.75, 3.05) is 5.32 Å². The van der Waals surface area contributed by atoms with Crippen molar-refractivity contribution in [2.45, 2.75) is 17.3 Å². The van der Waals surface area contributed by atoms with E-state index in [0.717, 1.165) is 22.1 Å². The summed E-state index contributed by atoms with van der Waals surface area (Å²) in [5.74, 6) is -0.0992. The van der Waals surface area contributed by atoms with Crippen LogP contribution in [0.2, 0.25) is 0 Å². The van der Waals surface area contributed by atoms with Crippen LogP contribution in [0.4, 0.5) is 5.69 Å². The Morgan fingerprint density at radius 1 is 1.00 bits per heavy atom. The SMILES string of the molecule is CC(Sc1nnnn1-c1ccccc1)C(=O)Nc1ccc2ccccc2c1. The van der Waals surface area contributed by atoms with Gasteiger partial charge in [0.15, 0.2) is 0 Å². The maximum atomic E-state index is 12.6. The molecule has 1 amide bonds. The molecule has 0 radical (unpaired) electrons. The van der Waals surface area contributed by atoms with Gasteiger partial charge in [0.25, 0.3) is 0 Å². The molecule has 134 valence electrons. The standard InChI is InChI=1S/C20H17N5OS/c1-14(27-20-22-23-24-25(20)18-9-3-2-4-10-18)19(26)21-17-12-11-15-7-5-6-8-16(15)13-17/h2-14H,1H3,(H,21,26). The molecule has 0 bridgehead atoms. The molecule has 1 heterocycles. The third-order valence-corrected chi connectivity index (χ3v) is 5.14. The Morgan fingerprint density at radius 2 is 1.74 bits per heavy atom. The molecule has 27 heavy (non-hydrogen) atoms. The van der Waals surface area contributed by atoms with E-state index < -0.39 is 0 Å². The van der Waals surface area contributed by atoms with Crippen molar-refractivity contribution >= 4 is 34.1 Å². The highest BCUT2D eigenvalue weighted by Gasteiger charge is 2.19.